The molecule has 2 atom stereocenters. The van der Waals surface area contributed by atoms with Crippen molar-refractivity contribution >= 4 is 5.91 Å². The highest BCUT2D eigenvalue weighted by Gasteiger charge is 2.31. The quantitative estimate of drug-likeness (QED) is 0.813. The molecule has 1 aromatic carbocycles. The molecule has 3 rings (SSSR count). The summed E-state index contributed by atoms with van der Waals surface area (Å²) in [5.74, 6) is 0.187. The van der Waals surface area contributed by atoms with Crippen molar-refractivity contribution in [2.24, 2.45) is 0 Å². The van der Waals surface area contributed by atoms with Crippen LogP contribution in [0.25, 0.3) is 0 Å². The van der Waals surface area contributed by atoms with Crippen LogP contribution < -0.4 is 10.6 Å². The lowest BCUT2D eigenvalue weighted by molar-refractivity contribution is -0.123. The maximum atomic E-state index is 12.1. The number of carbonyl (C=O) groups excluding carboxylic acids is 1. The first kappa shape index (κ1) is 11.7. The van der Waals surface area contributed by atoms with E-state index >= 15 is 0 Å². The number of rotatable bonds is 3. The van der Waals surface area contributed by atoms with Crippen LogP contribution in [0.2, 0.25) is 0 Å². The molecule has 1 amide bonds. The van der Waals surface area contributed by atoms with E-state index in [0.29, 0.717) is 13.2 Å². The van der Waals surface area contributed by atoms with Gasteiger partial charge in [-0.25, -0.2) is 0 Å². The number of morpholine rings is 1. The molecule has 4 heteroatoms. The number of carbonyl (C=O) groups is 1. The first-order valence-electron chi connectivity index (χ1n) is 6.51. The lowest BCUT2D eigenvalue weighted by Gasteiger charge is -2.30. The lowest BCUT2D eigenvalue weighted by atomic mass is 9.77. The Morgan fingerprint density at radius 1 is 1.44 bits per heavy atom. The van der Waals surface area contributed by atoms with E-state index in [9.17, 15) is 4.79 Å². The molecule has 4 nitrogen and oxygen atoms in total. The van der Waals surface area contributed by atoms with Gasteiger partial charge in [-0.05, 0) is 17.5 Å². The Bertz CT molecular complexity index is 441. The Kier molecular flexibility index (Phi) is 3.30. The third-order valence-corrected chi connectivity index (χ3v) is 3.69. The molecule has 1 aliphatic heterocycles. The Hall–Kier alpha value is -1.39. The van der Waals surface area contributed by atoms with Gasteiger partial charge in [-0.2, -0.15) is 0 Å². The fraction of sp³-hybridized carbons (Fsp3) is 0.500. The normalized spacial score (nSPS) is 26.0. The van der Waals surface area contributed by atoms with Gasteiger partial charge in [0.05, 0.1) is 19.1 Å². The average Bonchev–Trinajstić information content (AvgIpc) is 2.39. The molecule has 2 aliphatic rings. The maximum Gasteiger partial charge on any atom is 0.227 e. The van der Waals surface area contributed by atoms with Crippen LogP contribution in [-0.4, -0.2) is 38.3 Å². The molecule has 0 spiro atoms. The van der Waals surface area contributed by atoms with Crippen LogP contribution in [0.4, 0.5) is 0 Å². The highest BCUT2D eigenvalue weighted by Crippen LogP contribution is 2.34. The van der Waals surface area contributed by atoms with Crippen molar-refractivity contribution in [3.8, 4) is 0 Å². The molecule has 1 fully saturated rings. The molecule has 1 saturated heterocycles. The van der Waals surface area contributed by atoms with Gasteiger partial charge in [0, 0.05) is 19.1 Å². The summed E-state index contributed by atoms with van der Waals surface area (Å²) < 4.78 is 5.36. The standard InChI is InChI=1S/C14H18N2O2/c17-14(16-8-11-9-18-6-5-15-11)13-7-10-3-1-2-4-12(10)13/h1-4,11,13,15H,5-9H2,(H,16,17). The van der Waals surface area contributed by atoms with Crippen molar-refractivity contribution in [1.29, 1.82) is 0 Å². The number of hydrogen-bond acceptors (Lipinski definition) is 3. The summed E-state index contributed by atoms with van der Waals surface area (Å²) in [5, 5.41) is 6.34. The smallest absolute Gasteiger partial charge is 0.227 e. The number of nitrogens with one attached hydrogen (secondary N) is 2. The molecule has 0 radical (unpaired) electrons. The fourth-order valence-electron chi connectivity index (χ4n) is 2.59. The topological polar surface area (TPSA) is 50.4 Å². The maximum absolute atomic E-state index is 12.1. The van der Waals surface area contributed by atoms with Gasteiger partial charge in [0.25, 0.3) is 0 Å². The van der Waals surface area contributed by atoms with Crippen molar-refractivity contribution in [3.05, 3.63) is 35.4 Å². The Labute approximate surface area is 107 Å². The highest BCUT2D eigenvalue weighted by atomic mass is 16.5. The van der Waals surface area contributed by atoms with E-state index in [0.717, 1.165) is 19.6 Å². The molecule has 0 bridgehead atoms. The van der Waals surface area contributed by atoms with Crippen molar-refractivity contribution in [3.63, 3.8) is 0 Å². The highest BCUT2D eigenvalue weighted by molar-refractivity contribution is 5.86. The number of amides is 1. The van der Waals surface area contributed by atoms with Crippen molar-refractivity contribution in [2.45, 2.75) is 18.4 Å². The minimum Gasteiger partial charge on any atom is -0.378 e. The van der Waals surface area contributed by atoms with Crippen LogP contribution in [0.3, 0.4) is 0 Å². The largest absolute Gasteiger partial charge is 0.378 e. The molecule has 1 aromatic rings. The van der Waals surface area contributed by atoms with Gasteiger partial charge >= 0.3 is 0 Å². The molecule has 1 aliphatic carbocycles. The minimum absolute atomic E-state index is 0.0470. The molecule has 0 aromatic heterocycles. The average molecular weight is 246 g/mol. The summed E-state index contributed by atoms with van der Waals surface area (Å²) in [6.45, 7) is 2.96. The second kappa shape index (κ2) is 5.08. The fourth-order valence-corrected chi connectivity index (χ4v) is 2.59. The van der Waals surface area contributed by atoms with E-state index in [1.54, 1.807) is 0 Å². The van der Waals surface area contributed by atoms with Crippen LogP contribution >= 0.6 is 0 Å². The first-order chi connectivity index (χ1) is 8.84. The summed E-state index contributed by atoms with van der Waals surface area (Å²) in [6.07, 6.45) is 0.872. The summed E-state index contributed by atoms with van der Waals surface area (Å²) in [7, 11) is 0. The van der Waals surface area contributed by atoms with Gasteiger partial charge in [0.1, 0.15) is 0 Å². The zero-order valence-corrected chi connectivity index (χ0v) is 10.3. The van der Waals surface area contributed by atoms with E-state index in [4.69, 9.17) is 4.74 Å². The molecule has 18 heavy (non-hydrogen) atoms. The Morgan fingerprint density at radius 2 is 2.33 bits per heavy atom. The minimum atomic E-state index is 0.0470. The molecular weight excluding hydrogens is 228 g/mol. The Morgan fingerprint density at radius 3 is 3.11 bits per heavy atom. The number of hydrogen-bond donors (Lipinski definition) is 2. The van der Waals surface area contributed by atoms with Crippen LogP contribution in [-0.2, 0) is 16.0 Å². The van der Waals surface area contributed by atoms with Gasteiger partial charge in [-0.1, -0.05) is 24.3 Å². The van der Waals surface area contributed by atoms with Gasteiger partial charge in [0.15, 0.2) is 0 Å². The summed E-state index contributed by atoms with van der Waals surface area (Å²) in [4.78, 5) is 12.1. The van der Waals surface area contributed by atoms with Gasteiger partial charge in [-0.15, -0.1) is 0 Å². The predicted octanol–water partition coefficient (Wildman–Crippen LogP) is 0.431. The van der Waals surface area contributed by atoms with Crippen LogP contribution in [0.1, 0.15) is 17.0 Å². The van der Waals surface area contributed by atoms with Crippen molar-refractivity contribution in [1.82, 2.24) is 10.6 Å². The third kappa shape index (κ3) is 2.26. The van der Waals surface area contributed by atoms with E-state index < -0.39 is 0 Å². The molecule has 0 saturated carbocycles. The number of ether oxygens (including phenoxy) is 1. The monoisotopic (exact) mass is 246 g/mol. The van der Waals surface area contributed by atoms with Crippen molar-refractivity contribution in [2.75, 3.05) is 26.3 Å². The number of benzene rings is 1. The summed E-state index contributed by atoms with van der Waals surface area (Å²) in [5.41, 5.74) is 2.49. The molecule has 2 N–H and O–H groups in total. The lowest BCUT2D eigenvalue weighted by Crippen LogP contribution is -2.49. The third-order valence-electron chi connectivity index (χ3n) is 3.69. The first-order valence-corrected chi connectivity index (χ1v) is 6.51. The van der Waals surface area contributed by atoms with Gasteiger partial charge in [0.2, 0.25) is 5.91 Å². The van der Waals surface area contributed by atoms with Crippen molar-refractivity contribution < 1.29 is 9.53 Å². The second-order valence-corrected chi connectivity index (χ2v) is 4.93. The molecule has 2 unspecified atom stereocenters. The van der Waals surface area contributed by atoms with E-state index in [-0.39, 0.29) is 17.9 Å². The zero-order chi connectivity index (χ0) is 12.4. The second-order valence-electron chi connectivity index (χ2n) is 4.93. The predicted molar refractivity (Wildman–Crippen MR) is 68.5 cm³/mol. The van der Waals surface area contributed by atoms with Gasteiger partial charge in [-0.3, -0.25) is 4.79 Å². The summed E-state index contributed by atoms with van der Waals surface area (Å²) in [6, 6.07) is 8.41. The van der Waals surface area contributed by atoms with E-state index in [1.807, 2.05) is 18.2 Å². The van der Waals surface area contributed by atoms with E-state index in [1.165, 1.54) is 11.1 Å². The molecular formula is C14H18N2O2. The SMILES string of the molecule is O=C(NCC1COCCN1)C1Cc2ccccc21. The zero-order valence-electron chi connectivity index (χ0n) is 10.3. The number of fused-ring (bicyclic) bond motifs is 1. The van der Waals surface area contributed by atoms with Crippen LogP contribution in [0.5, 0.6) is 0 Å². The Balaban J connectivity index is 1.51. The summed E-state index contributed by atoms with van der Waals surface area (Å²) >= 11 is 0. The molecule has 1 heterocycles. The molecule has 96 valence electrons. The van der Waals surface area contributed by atoms with Gasteiger partial charge < -0.3 is 15.4 Å². The van der Waals surface area contributed by atoms with Crippen LogP contribution in [0, 0.1) is 0 Å². The van der Waals surface area contributed by atoms with Crippen LogP contribution in [0.15, 0.2) is 24.3 Å². The van der Waals surface area contributed by atoms with E-state index in [2.05, 4.69) is 16.7 Å².